The zero-order valence-electron chi connectivity index (χ0n) is 19.3. The van der Waals surface area contributed by atoms with E-state index < -0.39 is 0 Å². The summed E-state index contributed by atoms with van der Waals surface area (Å²) in [6, 6.07) is 12.7. The number of carbonyl (C=O) groups is 3. The molecule has 0 bridgehead atoms. The molecule has 4 rings (SSSR count). The summed E-state index contributed by atoms with van der Waals surface area (Å²) in [5, 5.41) is 3.04. The Morgan fingerprint density at radius 1 is 1.06 bits per heavy atom. The molecule has 174 valence electrons. The van der Waals surface area contributed by atoms with E-state index >= 15 is 0 Å². The second-order valence-corrected chi connectivity index (χ2v) is 8.59. The highest BCUT2D eigenvalue weighted by Gasteiger charge is 2.35. The minimum Gasteiger partial charge on any atom is -0.496 e. The molecule has 3 amide bonds. The van der Waals surface area contributed by atoms with Crippen molar-refractivity contribution in [2.45, 2.75) is 38.6 Å². The molecule has 0 aromatic heterocycles. The van der Waals surface area contributed by atoms with Crippen LogP contribution in [0.4, 0.5) is 0 Å². The van der Waals surface area contributed by atoms with E-state index in [9.17, 15) is 14.4 Å². The number of nitrogens with one attached hydrogen (secondary N) is 1. The predicted octanol–water partition coefficient (Wildman–Crippen LogP) is 3.66. The molecule has 1 fully saturated rings. The van der Waals surface area contributed by atoms with Gasteiger partial charge in [-0.1, -0.05) is 31.5 Å². The molecule has 1 N–H and O–H groups in total. The number of hydrogen-bond acceptors (Lipinski definition) is 5. The van der Waals surface area contributed by atoms with Gasteiger partial charge in [0.15, 0.2) is 0 Å². The van der Waals surface area contributed by atoms with E-state index in [2.05, 4.69) is 10.2 Å². The number of imide groups is 1. The van der Waals surface area contributed by atoms with Crippen LogP contribution in [0.25, 0.3) is 0 Å². The minimum atomic E-state index is -0.318. The van der Waals surface area contributed by atoms with Gasteiger partial charge in [0.2, 0.25) is 0 Å². The molecule has 7 heteroatoms. The molecule has 2 heterocycles. The summed E-state index contributed by atoms with van der Waals surface area (Å²) >= 11 is 0. The molecule has 1 atom stereocenters. The van der Waals surface area contributed by atoms with Gasteiger partial charge in [0.05, 0.1) is 24.3 Å². The van der Waals surface area contributed by atoms with Crippen molar-refractivity contribution in [1.82, 2.24) is 15.1 Å². The number of rotatable bonds is 9. The van der Waals surface area contributed by atoms with Crippen LogP contribution in [-0.4, -0.2) is 60.8 Å². The fourth-order valence-electron chi connectivity index (χ4n) is 4.67. The smallest absolute Gasteiger partial charge is 0.261 e. The Balaban J connectivity index is 1.51. The molecular weight excluding hydrogens is 418 g/mol. The highest BCUT2D eigenvalue weighted by Crippen LogP contribution is 2.31. The van der Waals surface area contributed by atoms with Crippen molar-refractivity contribution in [3.8, 4) is 5.75 Å². The molecule has 1 unspecified atom stereocenters. The maximum Gasteiger partial charge on any atom is 0.261 e. The van der Waals surface area contributed by atoms with Crippen molar-refractivity contribution in [1.29, 1.82) is 0 Å². The summed E-state index contributed by atoms with van der Waals surface area (Å²) in [6.07, 6.45) is 3.93. The third kappa shape index (κ3) is 4.64. The van der Waals surface area contributed by atoms with E-state index in [4.69, 9.17) is 4.74 Å². The Morgan fingerprint density at radius 2 is 1.79 bits per heavy atom. The molecule has 0 spiro atoms. The monoisotopic (exact) mass is 449 g/mol. The quantitative estimate of drug-likeness (QED) is 0.591. The molecule has 0 saturated carbocycles. The molecule has 2 aliphatic rings. The Morgan fingerprint density at radius 3 is 2.52 bits per heavy atom. The van der Waals surface area contributed by atoms with E-state index in [1.165, 1.54) is 4.90 Å². The molecule has 2 aromatic rings. The van der Waals surface area contributed by atoms with Crippen molar-refractivity contribution in [3.05, 3.63) is 64.7 Å². The van der Waals surface area contributed by atoms with Crippen LogP contribution in [0.5, 0.6) is 5.75 Å². The average Bonchev–Trinajstić information content (AvgIpc) is 3.45. The number of ether oxygens (including phenoxy) is 1. The Hall–Kier alpha value is -3.19. The Labute approximate surface area is 194 Å². The van der Waals surface area contributed by atoms with E-state index in [0.717, 1.165) is 50.1 Å². The van der Waals surface area contributed by atoms with Gasteiger partial charge in [0.1, 0.15) is 5.75 Å². The molecule has 2 aliphatic heterocycles. The van der Waals surface area contributed by atoms with Gasteiger partial charge in [0, 0.05) is 24.2 Å². The normalized spacial score (nSPS) is 16.7. The molecule has 0 aliphatic carbocycles. The second-order valence-electron chi connectivity index (χ2n) is 8.59. The van der Waals surface area contributed by atoms with Crippen LogP contribution in [0, 0.1) is 0 Å². The molecule has 0 radical (unpaired) electrons. The predicted molar refractivity (Wildman–Crippen MR) is 126 cm³/mol. The van der Waals surface area contributed by atoms with Crippen molar-refractivity contribution < 1.29 is 19.1 Å². The van der Waals surface area contributed by atoms with Crippen molar-refractivity contribution >= 4 is 17.7 Å². The number of hydrogen-bond donors (Lipinski definition) is 1. The number of nitrogens with zero attached hydrogens (tertiary/aromatic N) is 2. The zero-order valence-corrected chi connectivity index (χ0v) is 19.3. The summed E-state index contributed by atoms with van der Waals surface area (Å²) in [6.45, 7) is 4.79. The third-order valence-electron chi connectivity index (χ3n) is 6.50. The van der Waals surface area contributed by atoms with Crippen molar-refractivity contribution in [2.75, 3.05) is 33.3 Å². The summed E-state index contributed by atoms with van der Waals surface area (Å²) in [7, 11) is 1.66. The van der Waals surface area contributed by atoms with Crippen LogP contribution in [0.1, 0.15) is 75.3 Å². The minimum absolute atomic E-state index is 0.00484. The number of carbonyl (C=O) groups excluding carboxylic acids is 3. The lowest BCUT2D eigenvalue weighted by molar-refractivity contribution is 0.0652. The number of fused-ring (bicyclic) bond motifs is 1. The van der Waals surface area contributed by atoms with Gasteiger partial charge in [-0.25, -0.2) is 0 Å². The van der Waals surface area contributed by atoms with Crippen LogP contribution < -0.4 is 10.1 Å². The summed E-state index contributed by atoms with van der Waals surface area (Å²) in [4.78, 5) is 42.0. The Kier molecular flexibility index (Phi) is 7.08. The third-order valence-corrected chi connectivity index (χ3v) is 6.50. The second kappa shape index (κ2) is 10.2. The van der Waals surface area contributed by atoms with Gasteiger partial charge in [-0.15, -0.1) is 0 Å². The van der Waals surface area contributed by atoms with Gasteiger partial charge in [-0.05, 0) is 56.6 Å². The zero-order chi connectivity index (χ0) is 23.4. The number of amides is 3. The molecule has 33 heavy (non-hydrogen) atoms. The van der Waals surface area contributed by atoms with Gasteiger partial charge >= 0.3 is 0 Å². The Bertz CT molecular complexity index is 1050. The lowest BCUT2D eigenvalue weighted by Gasteiger charge is -2.29. The van der Waals surface area contributed by atoms with Crippen LogP contribution in [0.3, 0.4) is 0 Å². The van der Waals surface area contributed by atoms with Crippen LogP contribution in [0.2, 0.25) is 0 Å². The highest BCUT2D eigenvalue weighted by molar-refractivity contribution is 6.22. The number of likely N-dealkylation sites (tertiary alicyclic amines) is 1. The summed E-state index contributed by atoms with van der Waals surface area (Å²) in [5.41, 5.74) is 2.11. The van der Waals surface area contributed by atoms with Gasteiger partial charge < -0.3 is 10.1 Å². The van der Waals surface area contributed by atoms with Crippen LogP contribution in [0.15, 0.2) is 42.5 Å². The number of methoxy groups -OCH3 is 1. The lowest BCUT2D eigenvalue weighted by Crippen LogP contribution is -2.37. The summed E-state index contributed by atoms with van der Waals surface area (Å²) < 4.78 is 5.57. The maximum atomic E-state index is 13.0. The van der Waals surface area contributed by atoms with Crippen molar-refractivity contribution in [3.63, 3.8) is 0 Å². The first-order valence-corrected chi connectivity index (χ1v) is 11.7. The largest absolute Gasteiger partial charge is 0.496 e. The topological polar surface area (TPSA) is 79.0 Å². The molecule has 1 saturated heterocycles. The highest BCUT2D eigenvalue weighted by atomic mass is 16.5. The van der Waals surface area contributed by atoms with Crippen LogP contribution >= 0.6 is 0 Å². The van der Waals surface area contributed by atoms with Gasteiger partial charge in [0.25, 0.3) is 17.7 Å². The van der Waals surface area contributed by atoms with E-state index in [1.807, 2.05) is 31.2 Å². The van der Waals surface area contributed by atoms with E-state index in [1.54, 1.807) is 25.3 Å². The fraction of sp³-hybridized carbons (Fsp3) is 0.423. The van der Waals surface area contributed by atoms with E-state index in [-0.39, 0.29) is 23.8 Å². The molecule has 2 aromatic carbocycles. The van der Waals surface area contributed by atoms with Gasteiger partial charge in [-0.3, -0.25) is 24.2 Å². The number of benzene rings is 2. The number of unbranched alkanes of at least 4 members (excludes halogenated alkanes) is 1. The lowest BCUT2D eigenvalue weighted by atomic mass is 10.0. The SMILES string of the molecule is CCCCN1C(=O)c2ccc(C(=O)NCC(c3ccccc3OC)N3CCCC3)cc2C1=O. The van der Waals surface area contributed by atoms with Gasteiger partial charge in [-0.2, -0.15) is 0 Å². The number of para-hydroxylation sites is 1. The first-order chi connectivity index (χ1) is 16.0. The first kappa shape index (κ1) is 23.0. The first-order valence-electron chi connectivity index (χ1n) is 11.7. The summed E-state index contributed by atoms with van der Waals surface area (Å²) in [5.74, 6) is -0.0515. The molecule has 7 nitrogen and oxygen atoms in total. The van der Waals surface area contributed by atoms with Crippen molar-refractivity contribution in [2.24, 2.45) is 0 Å². The standard InChI is InChI=1S/C26H31N3O4/c1-3-4-15-29-25(31)19-12-11-18(16-21(19)26(29)32)24(30)27-17-22(28-13-7-8-14-28)20-9-5-6-10-23(20)33-2/h5-6,9-12,16,22H,3-4,7-8,13-15,17H2,1-2H3,(H,27,30). The average molecular weight is 450 g/mol. The fourth-order valence-corrected chi connectivity index (χ4v) is 4.67. The molecular formula is C26H31N3O4. The maximum absolute atomic E-state index is 13.0. The van der Waals surface area contributed by atoms with Crippen LogP contribution in [-0.2, 0) is 0 Å². The van der Waals surface area contributed by atoms with E-state index in [0.29, 0.717) is 29.8 Å².